The Bertz CT molecular complexity index is 891. The summed E-state index contributed by atoms with van der Waals surface area (Å²) in [6.07, 6.45) is 0.458. The monoisotopic (exact) mass is 528 g/mol. The minimum Gasteiger partial charge on any atom is -0.484 e. The topological polar surface area (TPSA) is 58.6 Å². The first-order valence-corrected chi connectivity index (χ1v) is 11.7. The minimum atomic E-state index is -0.647. The number of benzene rings is 2. The van der Waals surface area contributed by atoms with Gasteiger partial charge in [-0.2, -0.15) is 0 Å². The van der Waals surface area contributed by atoms with E-state index in [1.807, 2.05) is 32.9 Å². The molecule has 0 unspecified atom stereocenters. The van der Waals surface area contributed by atoms with Crippen LogP contribution in [0.3, 0.4) is 0 Å². The van der Waals surface area contributed by atoms with E-state index >= 15 is 0 Å². The molecule has 168 valence electrons. The van der Waals surface area contributed by atoms with E-state index in [9.17, 15) is 9.59 Å². The number of nitrogens with zero attached hydrogens (tertiary/aromatic N) is 1. The Kier molecular flexibility index (Phi) is 10.1. The molecule has 0 saturated heterocycles. The fourth-order valence-corrected chi connectivity index (χ4v) is 3.67. The molecule has 0 spiro atoms. The van der Waals surface area contributed by atoms with E-state index < -0.39 is 6.04 Å². The molecule has 0 aliphatic carbocycles. The minimum absolute atomic E-state index is 0.173. The van der Waals surface area contributed by atoms with Crippen molar-refractivity contribution in [2.45, 2.75) is 39.8 Å². The molecule has 2 amide bonds. The van der Waals surface area contributed by atoms with Crippen LogP contribution < -0.4 is 10.1 Å². The van der Waals surface area contributed by atoms with Crippen molar-refractivity contribution in [3.05, 3.63) is 62.5 Å². The molecular weight excluding hydrogens is 503 g/mol. The lowest BCUT2D eigenvalue weighted by molar-refractivity contribution is -0.143. The third kappa shape index (κ3) is 8.02. The van der Waals surface area contributed by atoms with Gasteiger partial charge in [0.15, 0.2) is 6.61 Å². The summed E-state index contributed by atoms with van der Waals surface area (Å²) in [6.45, 7) is 6.42. The molecule has 2 aromatic rings. The third-order valence-corrected chi connectivity index (χ3v) is 5.72. The van der Waals surface area contributed by atoms with Crippen molar-refractivity contribution in [3.63, 3.8) is 0 Å². The summed E-state index contributed by atoms with van der Waals surface area (Å²) in [5.41, 5.74) is 0.707. The van der Waals surface area contributed by atoms with Crippen LogP contribution in [0.2, 0.25) is 10.0 Å². The van der Waals surface area contributed by atoms with Crippen molar-refractivity contribution in [1.29, 1.82) is 0 Å². The van der Waals surface area contributed by atoms with Crippen LogP contribution in [0.5, 0.6) is 5.75 Å². The summed E-state index contributed by atoms with van der Waals surface area (Å²) in [4.78, 5) is 27.5. The SMILES string of the molecule is CC[C@@H](C(=O)NCC(C)C)N(Cc1ccc(Cl)cc1Cl)C(=O)COc1ccc(Br)cc1. The van der Waals surface area contributed by atoms with Crippen molar-refractivity contribution < 1.29 is 14.3 Å². The van der Waals surface area contributed by atoms with Gasteiger partial charge in [0.25, 0.3) is 5.91 Å². The Labute approximate surface area is 202 Å². The van der Waals surface area contributed by atoms with Crippen LogP contribution in [0.4, 0.5) is 0 Å². The number of nitrogens with one attached hydrogen (secondary N) is 1. The lowest BCUT2D eigenvalue weighted by Crippen LogP contribution is -2.50. The maximum Gasteiger partial charge on any atom is 0.261 e. The first-order valence-electron chi connectivity index (χ1n) is 10.1. The number of ether oxygens (including phenoxy) is 1. The summed E-state index contributed by atoms with van der Waals surface area (Å²) in [5, 5.41) is 3.87. The zero-order valence-electron chi connectivity index (χ0n) is 17.8. The fraction of sp³-hybridized carbons (Fsp3) is 0.391. The zero-order chi connectivity index (χ0) is 23.0. The molecule has 2 aromatic carbocycles. The average Bonchev–Trinajstić information content (AvgIpc) is 2.73. The second kappa shape index (κ2) is 12.3. The maximum absolute atomic E-state index is 13.2. The van der Waals surface area contributed by atoms with Gasteiger partial charge in [-0.05, 0) is 54.3 Å². The highest BCUT2D eigenvalue weighted by Gasteiger charge is 2.29. The smallest absolute Gasteiger partial charge is 0.261 e. The van der Waals surface area contributed by atoms with Crippen molar-refractivity contribution in [2.24, 2.45) is 5.92 Å². The van der Waals surface area contributed by atoms with Crippen molar-refractivity contribution in [1.82, 2.24) is 10.2 Å². The first-order chi connectivity index (χ1) is 14.7. The Morgan fingerprint density at radius 3 is 2.39 bits per heavy atom. The van der Waals surface area contributed by atoms with Crippen LogP contribution in [-0.4, -0.2) is 35.9 Å². The average molecular weight is 530 g/mol. The van der Waals surface area contributed by atoms with E-state index in [-0.39, 0.29) is 25.0 Å². The lowest BCUT2D eigenvalue weighted by atomic mass is 10.1. The molecule has 0 heterocycles. The van der Waals surface area contributed by atoms with Gasteiger partial charge in [-0.25, -0.2) is 0 Å². The van der Waals surface area contributed by atoms with Gasteiger partial charge in [-0.15, -0.1) is 0 Å². The van der Waals surface area contributed by atoms with E-state index in [1.54, 1.807) is 30.3 Å². The van der Waals surface area contributed by atoms with Gasteiger partial charge >= 0.3 is 0 Å². The Balaban J connectivity index is 2.22. The summed E-state index contributed by atoms with van der Waals surface area (Å²) in [6, 6.07) is 11.7. The summed E-state index contributed by atoms with van der Waals surface area (Å²) in [7, 11) is 0. The highest BCUT2D eigenvalue weighted by atomic mass is 79.9. The Morgan fingerprint density at radius 1 is 1.13 bits per heavy atom. The quantitative estimate of drug-likeness (QED) is 0.428. The lowest BCUT2D eigenvalue weighted by Gasteiger charge is -2.31. The molecule has 5 nitrogen and oxygen atoms in total. The molecule has 0 aliphatic rings. The van der Waals surface area contributed by atoms with Crippen molar-refractivity contribution in [2.75, 3.05) is 13.2 Å². The molecule has 0 radical (unpaired) electrons. The second-order valence-corrected chi connectivity index (χ2v) is 9.32. The predicted octanol–water partition coefficient (Wildman–Crippen LogP) is 5.71. The maximum atomic E-state index is 13.2. The molecule has 0 aliphatic heterocycles. The largest absolute Gasteiger partial charge is 0.484 e. The van der Waals surface area contributed by atoms with Gasteiger partial charge in [-0.3, -0.25) is 9.59 Å². The van der Waals surface area contributed by atoms with E-state index in [1.165, 1.54) is 4.90 Å². The Morgan fingerprint density at radius 2 is 1.81 bits per heavy atom. The van der Waals surface area contributed by atoms with Gasteiger partial charge in [0.05, 0.1) is 0 Å². The van der Waals surface area contributed by atoms with Crippen LogP contribution in [0.1, 0.15) is 32.8 Å². The van der Waals surface area contributed by atoms with Gasteiger partial charge in [0.2, 0.25) is 5.91 Å². The summed E-state index contributed by atoms with van der Waals surface area (Å²) < 4.78 is 6.58. The molecule has 1 N–H and O–H groups in total. The third-order valence-electron chi connectivity index (χ3n) is 4.60. The molecule has 0 saturated carbocycles. The number of carbonyl (C=O) groups excluding carboxylic acids is 2. The van der Waals surface area contributed by atoms with Crippen molar-refractivity contribution in [3.8, 4) is 5.75 Å². The van der Waals surface area contributed by atoms with Gasteiger partial charge in [0, 0.05) is 27.6 Å². The van der Waals surface area contributed by atoms with Gasteiger partial charge < -0.3 is 15.0 Å². The van der Waals surface area contributed by atoms with E-state index in [0.29, 0.717) is 40.2 Å². The summed E-state index contributed by atoms with van der Waals surface area (Å²) in [5.74, 6) is 0.370. The highest BCUT2D eigenvalue weighted by molar-refractivity contribution is 9.10. The molecule has 2 rings (SSSR count). The van der Waals surface area contributed by atoms with Gasteiger partial charge in [-0.1, -0.05) is 66.0 Å². The molecule has 0 bridgehead atoms. The summed E-state index contributed by atoms with van der Waals surface area (Å²) >= 11 is 15.7. The van der Waals surface area contributed by atoms with Crippen LogP contribution >= 0.6 is 39.1 Å². The predicted molar refractivity (Wildman–Crippen MR) is 129 cm³/mol. The number of carbonyl (C=O) groups is 2. The van der Waals surface area contributed by atoms with Crippen LogP contribution in [0.25, 0.3) is 0 Å². The van der Waals surface area contributed by atoms with E-state index in [0.717, 1.165) is 4.47 Å². The molecule has 1 atom stereocenters. The molecular formula is C23H27BrCl2N2O3. The van der Waals surface area contributed by atoms with E-state index in [4.69, 9.17) is 27.9 Å². The number of hydrogen-bond acceptors (Lipinski definition) is 3. The fourth-order valence-electron chi connectivity index (χ4n) is 2.93. The van der Waals surface area contributed by atoms with Crippen LogP contribution in [-0.2, 0) is 16.1 Å². The normalized spacial score (nSPS) is 11.8. The van der Waals surface area contributed by atoms with Crippen LogP contribution in [0.15, 0.2) is 46.9 Å². The highest BCUT2D eigenvalue weighted by Crippen LogP contribution is 2.24. The van der Waals surface area contributed by atoms with E-state index in [2.05, 4.69) is 21.2 Å². The van der Waals surface area contributed by atoms with Gasteiger partial charge in [0.1, 0.15) is 11.8 Å². The Hall–Kier alpha value is -1.76. The van der Waals surface area contributed by atoms with Crippen molar-refractivity contribution >= 4 is 50.9 Å². The second-order valence-electron chi connectivity index (χ2n) is 7.56. The zero-order valence-corrected chi connectivity index (χ0v) is 20.9. The number of halogens is 3. The molecule has 8 heteroatoms. The molecule has 0 aromatic heterocycles. The first kappa shape index (κ1) is 25.5. The standard InChI is InChI=1S/C23H27BrCl2N2O3/c1-4-21(23(30)27-12-15(2)3)28(13-16-5-8-18(25)11-20(16)26)22(29)14-31-19-9-6-17(24)7-10-19/h5-11,15,21H,4,12-14H2,1-3H3,(H,27,30)/t21-/m0/s1. The van der Waals surface area contributed by atoms with Crippen LogP contribution in [0, 0.1) is 5.92 Å². The number of amides is 2. The number of rotatable bonds is 10. The molecule has 0 fully saturated rings. The number of hydrogen-bond donors (Lipinski definition) is 1. The molecule has 31 heavy (non-hydrogen) atoms.